The summed E-state index contributed by atoms with van der Waals surface area (Å²) >= 11 is 0. The fourth-order valence-electron chi connectivity index (χ4n) is 2.43. The fourth-order valence-corrected chi connectivity index (χ4v) is 2.43. The number of rotatable bonds is 3. The molecular formula is C16H17N3O2. The fraction of sp³-hybridized carbons (Fsp3) is 0.188. The quantitative estimate of drug-likeness (QED) is 0.593. The highest BCUT2D eigenvalue weighted by Crippen LogP contribution is 2.27. The number of benzene rings is 2. The van der Waals surface area contributed by atoms with E-state index in [1.807, 2.05) is 32.0 Å². The van der Waals surface area contributed by atoms with Crippen LogP contribution in [0.25, 0.3) is 11.0 Å². The van der Waals surface area contributed by atoms with E-state index in [9.17, 15) is 10.2 Å². The van der Waals surface area contributed by atoms with Crippen molar-refractivity contribution < 1.29 is 10.2 Å². The number of phenolic OH excluding ortho intramolecular Hbond substituents is 2. The van der Waals surface area contributed by atoms with Crippen LogP contribution in [0.4, 0.5) is 5.69 Å². The van der Waals surface area contributed by atoms with Crippen LogP contribution in [0.1, 0.15) is 24.4 Å². The number of nitrogens with zero attached hydrogens (tertiary/aromatic N) is 1. The molecule has 0 saturated carbocycles. The molecule has 1 aromatic heterocycles. The maximum atomic E-state index is 9.55. The second-order valence-corrected chi connectivity index (χ2v) is 5.20. The van der Waals surface area contributed by atoms with Gasteiger partial charge in [-0.3, -0.25) is 0 Å². The van der Waals surface area contributed by atoms with Crippen molar-refractivity contribution in [2.75, 3.05) is 5.32 Å². The van der Waals surface area contributed by atoms with Crippen LogP contribution in [0, 0.1) is 6.92 Å². The van der Waals surface area contributed by atoms with Crippen molar-refractivity contribution in [3.63, 3.8) is 0 Å². The highest BCUT2D eigenvalue weighted by molar-refractivity contribution is 5.79. The van der Waals surface area contributed by atoms with E-state index in [2.05, 4.69) is 15.3 Å². The van der Waals surface area contributed by atoms with Crippen LogP contribution in [0.15, 0.2) is 36.4 Å². The maximum Gasteiger partial charge on any atom is 0.119 e. The van der Waals surface area contributed by atoms with Crippen molar-refractivity contribution in [1.82, 2.24) is 9.97 Å². The third kappa shape index (κ3) is 2.76. The van der Waals surface area contributed by atoms with Crippen molar-refractivity contribution in [3.05, 3.63) is 47.8 Å². The van der Waals surface area contributed by atoms with E-state index in [-0.39, 0.29) is 17.5 Å². The van der Waals surface area contributed by atoms with Crippen molar-refractivity contribution >= 4 is 16.7 Å². The van der Waals surface area contributed by atoms with Gasteiger partial charge in [-0.05, 0) is 49.7 Å². The Hall–Kier alpha value is -2.69. The molecule has 1 unspecified atom stereocenters. The molecule has 0 amide bonds. The first-order chi connectivity index (χ1) is 10.0. The second-order valence-electron chi connectivity index (χ2n) is 5.20. The van der Waals surface area contributed by atoms with Gasteiger partial charge >= 0.3 is 0 Å². The molecule has 3 rings (SSSR count). The molecule has 0 aliphatic carbocycles. The predicted octanol–water partition coefficient (Wildman–Crippen LogP) is 3.46. The number of aromatic amines is 1. The minimum atomic E-state index is -0.0514. The third-order valence-electron chi connectivity index (χ3n) is 3.41. The van der Waals surface area contributed by atoms with Gasteiger partial charge in [0.2, 0.25) is 0 Å². The normalized spacial score (nSPS) is 12.5. The average molecular weight is 283 g/mol. The molecule has 21 heavy (non-hydrogen) atoms. The summed E-state index contributed by atoms with van der Waals surface area (Å²) in [6, 6.07) is 10.4. The topological polar surface area (TPSA) is 81.2 Å². The standard InChI is InChI=1S/C16H17N3O2/c1-9(11-5-13(20)8-14(21)6-11)17-12-3-4-15-16(7-12)19-10(2)18-15/h3-9,17,20-21H,1-2H3,(H,18,19). The summed E-state index contributed by atoms with van der Waals surface area (Å²) in [5.41, 5.74) is 3.67. The summed E-state index contributed by atoms with van der Waals surface area (Å²) in [7, 11) is 0. The Bertz CT molecular complexity index is 775. The molecule has 5 heteroatoms. The summed E-state index contributed by atoms with van der Waals surface area (Å²) in [6.07, 6.45) is 0. The Balaban J connectivity index is 1.86. The highest BCUT2D eigenvalue weighted by atomic mass is 16.3. The van der Waals surface area contributed by atoms with Crippen molar-refractivity contribution in [2.24, 2.45) is 0 Å². The van der Waals surface area contributed by atoms with Gasteiger partial charge in [-0.1, -0.05) is 0 Å². The molecule has 1 atom stereocenters. The van der Waals surface area contributed by atoms with E-state index in [1.165, 1.54) is 6.07 Å². The molecule has 0 aliphatic heterocycles. The summed E-state index contributed by atoms with van der Waals surface area (Å²) < 4.78 is 0. The minimum absolute atomic E-state index is 0.0514. The number of phenols is 2. The monoisotopic (exact) mass is 283 g/mol. The number of hydrogen-bond donors (Lipinski definition) is 4. The third-order valence-corrected chi connectivity index (χ3v) is 3.41. The number of nitrogens with one attached hydrogen (secondary N) is 2. The number of aryl methyl sites for hydroxylation is 1. The lowest BCUT2D eigenvalue weighted by molar-refractivity contribution is 0.448. The van der Waals surface area contributed by atoms with E-state index in [0.717, 1.165) is 28.1 Å². The zero-order valence-electron chi connectivity index (χ0n) is 11.9. The zero-order chi connectivity index (χ0) is 15.0. The molecule has 5 nitrogen and oxygen atoms in total. The molecular weight excluding hydrogens is 266 g/mol. The van der Waals surface area contributed by atoms with Crippen LogP contribution in [0.5, 0.6) is 11.5 Å². The van der Waals surface area contributed by atoms with Gasteiger partial charge in [0.1, 0.15) is 17.3 Å². The largest absolute Gasteiger partial charge is 0.508 e. The van der Waals surface area contributed by atoms with Gasteiger partial charge in [0.05, 0.1) is 11.0 Å². The van der Waals surface area contributed by atoms with Crippen molar-refractivity contribution in [1.29, 1.82) is 0 Å². The van der Waals surface area contributed by atoms with E-state index >= 15 is 0 Å². The maximum absolute atomic E-state index is 9.55. The molecule has 0 spiro atoms. The number of hydrogen-bond acceptors (Lipinski definition) is 4. The smallest absolute Gasteiger partial charge is 0.119 e. The Morgan fingerprint density at radius 2 is 1.81 bits per heavy atom. The number of aromatic nitrogens is 2. The zero-order valence-corrected chi connectivity index (χ0v) is 11.9. The SMILES string of the molecule is Cc1nc2ccc(NC(C)c3cc(O)cc(O)c3)cc2[nH]1. The lowest BCUT2D eigenvalue weighted by Gasteiger charge is -2.16. The number of fused-ring (bicyclic) bond motifs is 1. The van der Waals surface area contributed by atoms with Gasteiger partial charge in [-0.15, -0.1) is 0 Å². The number of anilines is 1. The van der Waals surface area contributed by atoms with Crippen LogP contribution >= 0.6 is 0 Å². The first-order valence-electron chi connectivity index (χ1n) is 6.77. The lowest BCUT2D eigenvalue weighted by Crippen LogP contribution is -2.06. The molecule has 3 aromatic rings. The summed E-state index contributed by atoms with van der Waals surface area (Å²) in [5.74, 6) is 0.990. The average Bonchev–Trinajstić information content (AvgIpc) is 2.77. The Kier molecular flexibility index (Phi) is 3.17. The molecule has 0 bridgehead atoms. The number of H-pyrrole nitrogens is 1. The van der Waals surface area contributed by atoms with Gasteiger partial charge in [0.15, 0.2) is 0 Å². The number of imidazole rings is 1. The Labute approximate surface area is 122 Å². The molecule has 2 aromatic carbocycles. The van der Waals surface area contributed by atoms with E-state index in [4.69, 9.17) is 0 Å². The second kappa shape index (κ2) is 5.01. The van der Waals surface area contributed by atoms with Crippen LogP contribution in [0.3, 0.4) is 0 Å². The van der Waals surface area contributed by atoms with Crippen LogP contribution in [-0.4, -0.2) is 20.2 Å². The van der Waals surface area contributed by atoms with Gasteiger partial charge in [0, 0.05) is 17.8 Å². The highest BCUT2D eigenvalue weighted by Gasteiger charge is 2.09. The van der Waals surface area contributed by atoms with Gasteiger partial charge < -0.3 is 20.5 Å². The van der Waals surface area contributed by atoms with Crippen LogP contribution < -0.4 is 5.32 Å². The molecule has 0 fully saturated rings. The molecule has 0 aliphatic rings. The molecule has 0 saturated heterocycles. The summed E-state index contributed by atoms with van der Waals surface area (Å²) in [4.78, 5) is 7.56. The van der Waals surface area contributed by atoms with E-state index < -0.39 is 0 Å². The van der Waals surface area contributed by atoms with Crippen molar-refractivity contribution in [3.8, 4) is 11.5 Å². The van der Waals surface area contributed by atoms with Gasteiger partial charge in [-0.25, -0.2) is 4.98 Å². The Morgan fingerprint density at radius 3 is 2.52 bits per heavy atom. The summed E-state index contributed by atoms with van der Waals surface area (Å²) in [6.45, 7) is 3.89. The van der Waals surface area contributed by atoms with E-state index in [1.54, 1.807) is 12.1 Å². The first kappa shape index (κ1) is 13.3. The molecule has 1 heterocycles. The van der Waals surface area contributed by atoms with Gasteiger partial charge in [-0.2, -0.15) is 0 Å². The molecule has 0 radical (unpaired) electrons. The van der Waals surface area contributed by atoms with Crippen LogP contribution in [-0.2, 0) is 0 Å². The van der Waals surface area contributed by atoms with E-state index in [0.29, 0.717) is 0 Å². The Morgan fingerprint density at radius 1 is 1.10 bits per heavy atom. The lowest BCUT2D eigenvalue weighted by atomic mass is 10.1. The van der Waals surface area contributed by atoms with Crippen LogP contribution in [0.2, 0.25) is 0 Å². The van der Waals surface area contributed by atoms with Crippen molar-refractivity contribution in [2.45, 2.75) is 19.9 Å². The first-order valence-corrected chi connectivity index (χ1v) is 6.77. The minimum Gasteiger partial charge on any atom is -0.508 e. The van der Waals surface area contributed by atoms with Gasteiger partial charge in [0.25, 0.3) is 0 Å². The summed E-state index contributed by atoms with van der Waals surface area (Å²) in [5, 5.41) is 22.4. The molecule has 108 valence electrons. The number of aromatic hydroxyl groups is 2. The molecule has 4 N–H and O–H groups in total. The predicted molar refractivity (Wildman–Crippen MR) is 82.6 cm³/mol.